The third-order valence-electron chi connectivity index (χ3n) is 2.48. The van der Waals surface area contributed by atoms with E-state index in [1.807, 2.05) is 20.8 Å². The summed E-state index contributed by atoms with van der Waals surface area (Å²) in [5.74, 6) is 0. The zero-order valence-corrected chi connectivity index (χ0v) is 9.11. The lowest BCUT2D eigenvalue weighted by Gasteiger charge is -2.22. The molecule has 0 atom stereocenters. The van der Waals surface area contributed by atoms with E-state index in [0.717, 1.165) is 0 Å². The summed E-state index contributed by atoms with van der Waals surface area (Å²) in [6, 6.07) is 1.83. The van der Waals surface area contributed by atoms with Crippen LogP contribution in [0.4, 0.5) is 0 Å². The Morgan fingerprint density at radius 1 is 1.09 bits per heavy atom. The molecule has 0 unspecified atom stereocenters. The average molecular weight is 196 g/mol. The summed E-state index contributed by atoms with van der Waals surface area (Å²) < 4.78 is 30.9. The van der Waals surface area contributed by atoms with Crippen molar-refractivity contribution >= 4 is 16.8 Å². The Balaban J connectivity index is 4.86. The van der Waals surface area contributed by atoms with Crippen LogP contribution in [0.25, 0.3) is 0 Å². The van der Waals surface area contributed by atoms with Gasteiger partial charge in [0.05, 0.1) is 0 Å². The van der Waals surface area contributed by atoms with Crippen LogP contribution in [0.2, 0.25) is 18.1 Å². The highest BCUT2D eigenvalue weighted by Crippen LogP contribution is 2.25. The van der Waals surface area contributed by atoms with Gasteiger partial charge >= 0.3 is 0 Å². The van der Waals surface area contributed by atoms with Gasteiger partial charge in [0.15, 0.2) is 0 Å². The van der Waals surface area contributed by atoms with Crippen molar-refractivity contribution in [3.8, 4) is 0 Å². The first-order valence-corrected chi connectivity index (χ1v) is 8.69. The molecule has 0 bridgehead atoms. The minimum absolute atomic E-state index is 0.610. The van der Waals surface area contributed by atoms with Crippen LogP contribution in [-0.4, -0.2) is 20.2 Å². The first-order chi connectivity index (χ1) is 4.93. The zero-order valence-electron chi connectivity index (χ0n) is 7.29. The number of hydrogen-bond acceptors (Lipinski definition) is 2. The summed E-state index contributed by atoms with van der Waals surface area (Å²) in [6.07, 6.45) is 0. The van der Waals surface area contributed by atoms with Crippen molar-refractivity contribution in [3.05, 3.63) is 0 Å². The van der Waals surface area contributed by atoms with Crippen molar-refractivity contribution in [1.82, 2.24) is 0 Å². The molecule has 0 aliphatic carbocycles. The summed E-state index contributed by atoms with van der Waals surface area (Å²) in [4.78, 5) is 0. The smallest absolute Gasteiger partial charge is 0.228 e. The highest BCUT2D eigenvalue weighted by Gasteiger charge is 2.41. The second kappa shape index (κ2) is 3.69. The standard InChI is InChI=1S/C6H16O3SSi/c1-4-11(5-2,6-3)10(7,8)9/h4-6H2,1-3H3,(H,7,8,9). The van der Waals surface area contributed by atoms with Gasteiger partial charge in [0.25, 0.3) is 0 Å². The highest BCUT2D eigenvalue weighted by molar-refractivity contribution is 8.18. The van der Waals surface area contributed by atoms with Crippen LogP contribution in [-0.2, 0) is 9.57 Å². The second-order valence-electron chi connectivity index (χ2n) is 2.72. The normalized spacial score (nSPS) is 13.5. The summed E-state index contributed by atoms with van der Waals surface area (Å²) >= 11 is 0. The maximum absolute atomic E-state index is 11.0. The minimum atomic E-state index is -3.74. The first kappa shape index (κ1) is 11.1. The quantitative estimate of drug-likeness (QED) is 0.552. The van der Waals surface area contributed by atoms with E-state index in [1.165, 1.54) is 0 Å². The van der Waals surface area contributed by atoms with E-state index in [0.29, 0.717) is 18.1 Å². The lowest BCUT2D eigenvalue weighted by atomic mass is 10.9. The molecule has 11 heavy (non-hydrogen) atoms. The number of rotatable bonds is 4. The maximum Gasteiger partial charge on any atom is 0.228 e. The summed E-state index contributed by atoms with van der Waals surface area (Å²) in [5, 5.41) is 0. The molecule has 0 radical (unpaired) electrons. The highest BCUT2D eigenvalue weighted by atomic mass is 32.4. The molecule has 0 aromatic rings. The van der Waals surface area contributed by atoms with E-state index >= 15 is 0 Å². The summed E-state index contributed by atoms with van der Waals surface area (Å²) in [5.41, 5.74) is 0. The molecule has 0 saturated carbocycles. The van der Waals surface area contributed by atoms with Gasteiger partial charge in [-0.25, -0.2) is 8.42 Å². The lowest BCUT2D eigenvalue weighted by Crippen LogP contribution is -2.41. The van der Waals surface area contributed by atoms with Gasteiger partial charge in [-0.05, 0) is 18.1 Å². The van der Waals surface area contributed by atoms with E-state index in [1.54, 1.807) is 0 Å². The molecule has 0 aromatic carbocycles. The minimum Gasteiger partial charge on any atom is -0.291 e. The molecule has 0 saturated heterocycles. The van der Waals surface area contributed by atoms with Crippen LogP contribution in [0.1, 0.15) is 20.8 Å². The van der Waals surface area contributed by atoms with Gasteiger partial charge in [-0.2, -0.15) is 0 Å². The van der Waals surface area contributed by atoms with Crippen molar-refractivity contribution in [1.29, 1.82) is 0 Å². The van der Waals surface area contributed by atoms with Crippen LogP contribution in [0.3, 0.4) is 0 Å². The molecule has 68 valence electrons. The van der Waals surface area contributed by atoms with E-state index in [-0.39, 0.29) is 0 Å². The molecular weight excluding hydrogens is 180 g/mol. The van der Waals surface area contributed by atoms with Gasteiger partial charge in [-0.15, -0.1) is 0 Å². The van der Waals surface area contributed by atoms with Gasteiger partial charge < -0.3 is 0 Å². The van der Waals surface area contributed by atoms with E-state index in [9.17, 15) is 8.42 Å². The van der Waals surface area contributed by atoms with Crippen LogP contribution in [0.15, 0.2) is 0 Å². The van der Waals surface area contributed by atoms with E-state index < -0.39 is 16.8 Å². The van der Waals surface area contributed by atoms with Crippen molar-refractivity contribution in [2.24, 2.45) is 0 Å². The van der Waals surface area contributed by atoms with Crippen LogP contribution < -0.4 is 0 Å². The lowest BCUT2D eigenvalue weighted by molar-refractivity contribution is 0.497. The van der Waals surface area contributed by atoms with Gasteiger partial charge in [0.1, 0.15) is 0 Å². The molecular formula is C6H16O3SSi. The molecule has 1 N–H and O–H groups in total. The van der Waals surface area contributed by atoms with Crippen molar-refractivity contribution < 1.29 is 13.0 Å². The Bertz CT molecular complexity index is 198. The van der Waals surface area contributed by atoms with Gasteiger partial charge in [-0.1, -0.05) is 20.8 Å². The Morgan fingerprint density at radius 3 is 1.36 bits per heavy atom. The molecule has 5 heteroatoms. The SMILES string of the molecule is CC[Si](CC)(CC)S(=O)(=O)O. The molecule has 0 spiro atoms. The summed E-state index contributed by atoms with van der Waals surface area (Å²) in [7, 11) is -6.13. The topological polar surface area (TPSA) is 54.4 Å². The summed E-state index contributed by atoms with van der Waals surface area (Å²) in [6.45, 7) is 5.52. The number of hydrogen-bond donors (Lipinski definition) is 1. The largest absolute Gasteiger partial charge is 0.291 e. The molecule has 0 fully saturated rings. The third-order valence-corrected chi connectivity index (χ3v) is 13.3. The molecule has 0 rings (SSSR count). The van der Waals surface area contributed by atoms with Crippen LogP contribution in [0.5, 0.6) is 0 Å². The van der Waals surface area contributed by atoms with Gasteiger partial charge in [0.2, 0.25) is 16.8 Å². The van der Waals surface area contributed by atoms with Gasteiger partial charge in [0, 0.05) is 0 Å². The molecule has 0 aliphatic rings. The van der Waals surface area contributed by atoms with Crippen LogP contribution >= 0.6 is 0 Å². The third kappa shape index (κ3) is 2.04. The molecule has 0 heterocycles. The van der Waals surface area contributed by atoms with Gasteiger partial charge in [-0.3, -0.25) is 4.55 Å². The van der Waals surface area contributed by atoms with Crippen molar-refractivity contribution in [2.45, 2.75) is 38.9 Å². The predicted octanol–water partition coefficient (Wildman–Crippen LogP) is 1.88. The Kier molecular flexibility index (Phi) is 3.73. The Hall–Kier alpha value is 0.127. The first-order valence-electron chi connectivity index (χ1n) is 3.90. The molecule has 0 aromatic heterocycles. The van der Waals surface area contributed by atoms with Crippen molar-refractivity contribution in [3.63, 3.8) is 0 Å². The van der Waals surface area contributed by atoms with E-state index in [2.05, 4.69) is 0 Å². The molecule has 0 aliphatic heterocycles. The fourth-order valence-electron chi connectivity index (χ4n) is 1.30. The molecule has 3 nitrogen and oxygen atoms in total. The van der Waals surface area contributed by atoms with Crippen molar-refractivity contribution in [2.75, 3.05) is 0 Å². The monoisotopic (exact) mass is 196 g/mol. The Morgan fingerprint density at radius 2 is 1.36 bits per heavy atom. The predicted molar refractivity (Wildman–Crippen MR) is 48.7 cm³/mol. The second-order valence-corrected chi connectivity index (χ2v) is 12.3. The maximum atomic E-state index is 11.0. The fraction of sp³-hybridized carbons (Fsp3) is 1.00. The average Bonchev–Trinajstić information content (AvgIpc) is 1.90. The fourth-order valence-corrected chi connectivity index (χ4v) is 7.17. The Labute approximate surface area is 69.2 Å². The zero-order chi connectivity index (χ0) is 9.12. The van der Waals surface area contributed by atoms with E-state index in [4.69, 9.17) is 4.55 Å². The van der Waals surface area contributed by atoms with Crippen LogP contribution in [0, 0.1) is 0 Å². The molecule has 0 amide bonds.